The van der Waals surface area contributed by atoms with E-state index in [0.717, 1.165) is 29.0 Å². The maximum atomic E-state index is 12.7. The Hall–Kier alpha value is -4.00. The fourth-order valence-electron chi connectivity index (χ4n) is 4.60. The predicted octanol–water partition coefficient (Wildman–Crippen LogP) is 7.23. The first-order valence-electron chi connectivity index (χ1n) is 12.4. The van der Waals surface area contributed by atoms with Crippen LogP contribution in [0.25, 0.3) is 0 Å². The van der Waals surface area contributed by atoms with Gasteiger partial charge in [0.05, 0.1) is 19.9 Å². The van der Waals surface area contributed by atoms with Crippen molar-refractivity contribution >= 4 is 23.7 Å². The molecule has 2 aromatic carbocycles. The van der Waals surface area contributed by atoms with Crippen LogP contribution in [-0.4, -0.2) is 26.5 Å². The summed E-state index contributed by atoms with van der Waals surface area (Å²) < 4.78 is 22.7. The third-order valence-electron chi connectivity index (χ3n) is 6.69. The van der Waals surface area contributed by atoms with Crippen LogP contribution in [-0.2, 0) is 11.2 Å². The van der Waals surface area contributed by atoms with Crippen LogP contribution in [0, 0.1) is 17.3 Å². The number of allylic oxidation sites excluding steroid dienone is 5. The molecule has 0 aromatic heterocycles. The lowest BCUT2D eigenvalue weighted by Crippen LogP contribution is -2.20. The smallest absolute Gasteiger partial charge is 0.417 e. The zero-order valence-electron chi connectivity index (χ0n) is 21.8. The SMILES string of the molecule is COc1cc2c(cc1OC)N=CC=C(Oc1ccc(NC(=O)OC3=CC4CC4C=C3C(C)(C)C)cc1)C2.[HH]. The standard InChI is InChI=1S/C30H32N2O5.H2/c1-30(2,3)24-14-18-12-19(18)15-26(24)37-29(33)32-21-6-8-22(9-7-21)36-23-10-11-31-25-17-28(35-5)27(34-4)16-20(25)13-23;/h6-11,14-19H,12-13H2,1-5H3,(H,32,33);1H. The largest absolute Gasteiger partial charge is 0.493 e. The van der Waals surface area contributed by atoms with Crippen molar-refractivity contribution in [1.82, 2.24) is 0 Å². The highest BCUT2D eigenvalue weighted by atomic mass is 16.6. The van der Waals surface area contributed by atoms with Crippen molar-refractivity contribution in [2.24, 2.45) is 22.2 Å². The van der Waals surface area contributed by atoms with Crippen LogP contribution in [0.5, 0.6) is 17.2 Å². The number of hydrogen-bond acceptors (Lipinski definition) is 6. The molecule has 3 aliphatic rings. The van der Waals surface area contributed by atoms with Crippen molar-refractivity contribution in [2.75, 3.05) is 19.5 Å². The van der Waals surface area contributed by atoms with Gasteiger partial charge in [-0.15, -0.1) is 0 Å². The number of methoxy groups -OCH3 is 2. The zero-order chi connectivity index (χ0) is 26.2. The van der Waals surface area contributed by atoms with Gasteiger partial charge < -0.3 is 18.9 Å². The summed E-state index contributed by atoms with van der Waals surface area (Å²) in [7, 11) is 3.21. The number of carbonyl (C=O) groups excluding carboxylic acids is 1. The lowest BCUT2D eigenvalue weighted by molar-refractivity contribution is 0.190. The van der Waals surface area contributed by atoms with E-state index in [0.29, 0.717) is 47.0 Å². The lowest BCUT2D eigenvalue weighted by Gasteiger charge is -2.27. The van der Waals surface area contributed by atoms with Gasteiger partial charge in [-0.2, -0.15) is 0 Å². The number of aliphatic imine (C=N–C) groups is 1. The molecule has 1 aliphatic heterocycles. The van der Waals surface area contributed by atoms with E-state index < -0.39 is 6.09 Å². The third kappa shape index (κ3) is 5.56. The molecule has 0 bridgehead atoms. The summed E-state index contributed by atoms with van der Waals surface area (Å²) in [4.78, 5) is 17.2. The van der Waals surface area contributed by atoms with Crippen LogP contribution in [0.4, 0.5) is 16.2 Å². The summed E-state index contributed by atoms with van der Waals surface area (Å²) in [5.41, 5.74) is 3.39. The lowest BCUT2D eigenvalue weighted by atomic mass is 9.82. The van der Waals surface area contributed by atoms with Gasteiger partial charge in [-0.1, -0.05) is 26.8 Å². The normalized spacial score (nSPS) is 19.8. The number of anilines is 1. The van der Waals surface area contributed by atoms with Crippen LogP contribution in [0.15, 0.2) is 76.7 Å². The topological polar surface area (TPSA) is 78.4 Å². The first-order chi connectivity index (χ1) is 17.7. The van der Waals surface area contributed by atoms with E-state index in [-0.39, 0.29) is 6.84 Å². The third-order valence-corrected chi connectivity index (χ3v) is 6.69. The van der Waals surface area contributed by atoms with E-state index >= 15 is 0 Å². The summed E-state index contributed by atoms with van der Waals surface area (Å²) in [6.45, 7) is 6.41. The highest BCUT2D eigenvalue weighted by molar-refractivity contribution is 5.85. The van der Waals surface area contributed by atoms with Crippen molar-refractivity contribution in [3.8, 4) is 17.2 Å². The van der Waals surface area contributed by atoms with Gasteiger partial charge in [0.1, 0.15) is 17.3 Å². The monoisotopic (exact) mass is 502 g/mol. The van der Waals surface area contributed by atoms with Gasteiger partial charge in [-0.3, -0.25) is 10.3 Å². The number of amides is 1. The molecule has 5 rings (SSSR count). The van der Waals surface area contributed by atoms with E-state index in [2.05, 4.69) is 43.2 Å². The van der Waals surface area contributed by atoms with Crippen LogP contribution in [0.1, 0.15) is 34.2 Å². The molecule has 37 heavy (non-hydrogen) atoms. The van der Waals surface area contributed by atoms with Gasteiger partial charge in [-0.25, -0.2) is 4.79 Å². The van der Waals surface area contributed by atoms with Crippen molar-refractivity contribution in [1.29, 1.82) is 0 Å². The number of rotatable bonds is 6. The van der Waals surface area contributed by atoms with Gasteiger partial charge in [0, 0.05) is 25.8 Å². The van der Waals surface area contributed by atoms with Gasteiger partial charge in [0.15, 0.2) is 11.5 Å². The molecule has 0 saturated heterocycles. The molecule has 1 fully saturated rings. The highest BCUT2D eigenvalue weighted by Gasteiger charge is 2.41. The van der Waals surface area contributed by atoms with Crippen LogP contribution >= 0.6 is 0 Å². The Kier molecular flexibility index (Phi) is 6.54. The van der Waals surface area contributed by atoms with Crippen molar-refractivity contribution in [3.05, 3.63) is 77.3 Å². The van der Waals surface area contributed by atoms with E-state index in [4.69, 9.17) is 18.9 Å². The second-order valence-corrected chi connectivity index (χ2v) is 10.5. The Balaban J connectivity index is 0.00000336. The van der Waals surface area contributed by atoms with E-state index in [1.165, 1.54) is 0 Å². The maximum Gasteiger partial charge on any atom is 0.417 e. The average molecular weight is 503 g/mol. The molecule has 0 spiro atoms. The van der Waals surface area contributed by atoms with Gasteiger partial charge in [0.2, 0.25) is 0 Å². The molecule has 2 unspecified atom stereocenters. The van der Waals surface area contributed by atoms with Crippen LogP contribution < -0.4 is 19.5 Å². The number of carbonyl (C=O) groups is 1. The maximum absolute atomic E-state index is 12.7. The molecule has 1 saturated carbocycles. The zero-order valence-corrected chi connectivity index (χ0v) is 21.8. The summed E-state index contributed by atoms with van der Waals surface area (Å²) in [5.74, 6) is 4.40. The minimum Gasteiger partial charge on any atom is -0.493 e. The molecule has 2 aliphatic carbocycles. The molecule has 2 atom stereocenters. The Bertz CT molecular complexity index is 1340. The van der Waals surface area contributed by atoms with Crippen LogP contribution in [0.2, 0.25) is 0 Å². The average Bonchev–Trinajstić information content (AvgIpc) is 3.65. The number of fused-ring (bicyclic) bond motifs is 2. The molecule has 194 valence electrons. The molecular weight excluding hydrogens is 468 g/mol. The Morgan fingerprint density at radius 1 is 1.03 bits per heavy atom. The highest BCUT2D eigenvalue weighted by Crippen LogP contribution is 2.50. The Morgan fingerprint density at radius 2 is 1.73 bits per heavy atom. The molecule has 7 heteroatoms. The van der Waals surface area contributed by atoms with Gasteiger partial charge in [-0.05, 0) is 77.3 Å². The number of benzene rings is 2. The molecule has 0 radical (unpaired) electrons. The van der Waals surface area contributed by atoms with Crippen molar-refractivity contribution < 1.29 is 25.2 Å². The number of hydrogen-bond donors (Lipinski definition) is 1. The van der Waals surface area contributed by atoms with E-state index in [1.807, 2.05) is 30.3 Å². The Morgan fingerprint density at radius 3 is 2.43 bits per heavy atom. The first kappa shape index (κ1) is 24.7. The van der Waals surface area contributed by atoms with Crippen molar-refractivity contribution in [3.63, 3.8) is 0 Å². The fraction of sp³-hybridized carbons (Fsp3) is 0.333. The molecular formula is C30H34N2O5. The van der Waals surface area contributed by atoms with Crippen LogP contribution in [0.3, 0.4) is 0 Å². The van der Waals surface area contributed by atoms with Gasteiger partial charge >= 0.3 is 6.09 Å². The molecule has 1 heterocycles. The fourth-order valence-corrected chi connectivity index (χ4v) is 4.60. The molecule has 2 aromatic rings. The van der Waals surface area contributed by atoms with E-state index in [1.54, 1.807) is 32.6 Å². The predicted molar refractivity (Wildman–Crippen MR) is 146 cm³/mol. The number of ether oxygens (including phenoxy) is 4. The second-order valence-electron chi connectivity index (χ2n) is 10.5. The summed E-state index contributed by atoms with van der Waals surface area (Å²) in [6, 6.07) is 11.0. The minimum atomic E-state index is -0.502. The summed E-state index contributed by atoms with van der Waals surface area (Å²) in [6.07, 6.45) is 9.08. The quantitative estimate of drug-likeness (QED) is 0.451. The summed E-state index contributed by atoms with van der Waals surface area (Å²) >= 11 is 0. The second kappa shape index (κ2) is 9.81. The van der Waals surface area contributed by atoms with Crippen molar-refractivity contribution in [2.45, 2.75) is 33.6 Å². The molecule has 1 N–H and O–H groups in total. The van der Waals surface area contributed by atoms with Gasteiger partial charge in [0.25, 0.3) is 0 Å². The van der Waals surface area contributed by atoms with E-state index in [9.17, 15) is 4.79 Å². The molecule has 1 amide bonds. The molecule has 7 nitrogen and oxygen atoms in total. The minimum absolute atomic E-state index is 0. The summed E-state index contributed by atoms with van der Waals surface area (Å²) in [5, 5.41) is 2.82. The number of nitrogens with zero attached hydrogens (tertiary/aromatic N) is 1. The number of nitrogens with one attached hydrogen (secondary N) is 1. The Labute approximate surface area is 219 Å². The first-order valence-corrected chi connectivity index (χ1v) is 12.4.